The molecule has 5 heteroatoms. The molecule has 0 aliphatic carbocycles. The highest BCUT2D eigenvalue weighted by atomic mass is 32.2. The van der Waals surface area contributed by atoms with Crippen molar-refractivity contribution in [1.82, 2.24) is 8.61 Å². The molecule has 1 atom stereocenters. The van der Waals surface area contributed by atoms with E-state index in [2.05, 4.69) is 19.1 Å². The van der Waals surface area contributed by atoms with Crippen LogP contribution in [-0.2, 0) is 15.6 Å². The second-order valence-corrected chi connectivity index (χ2v) is 8.41. The van der Waals surface area contributed by atoms with Gasteiger partial charge in [0.2, 0.25) is 0 Å². The van der Waals surface area contributed by atoms with Gasteiger partial charge in [0.1, 0.15) is 0 Å². The van der Waals surface area contributed by atoms with Crippen molar-refractivity contribution >= 4 is 10.2 Å². The zero-order valence-electron chi connectivity index (χ0n) is 12.7. The maximum Gasteiger partial charge on any atom is 0.282 e. The number of benzene rings is 1. The van der Waals surface area contributed by atoms with Gasteiger partial charge in [-0.05, 0) is 31.2 Å². The van der Waals surface area contributed by atoms with Gasteiger partial charge in [-0.1, -0.05) is 37.3 Å². The lowest BCUT2D eigenvalue weighted by atomic mass is 9.77. The van der Waals surface area contributed by atoms with Crippen molar-refractivity contribution in [1.29, 1.82) is 0 Å². The highest BCUT2D eigenvalue weighted by molar-refractivity contribution is 7.86. The Morgan fingerprint density at radius 2 is 1.57 bits per heavy atom. The normalized spacial score (nSPS) is 28.8. The second-order valence-electron chi connectivity index (χ2n) is 6.48. The van der Waals surface area contributed by atoms with Crippen LogP contribution in [0.3, 0.4) is 0 Å². The van der Waals surface area contributed by atoms with E-state index in [1.54, 1.807) is 8.61 Å². The van der Waals surface area contributed by atoms with E-state index in [0.717, 1.165) is 25.7 Å². The van der Waals surface area contributed by atoms with Crippen molar-refractivity contribution in [3.05, 3.63) is 35.9 Å². The van der Waals surface area contributed by atoms with Gasteiger partial charge < -0.3 is 0 Å². The Balaban J connectivity index is 1.83. The molecule has 2 aliphatic heterocycles. The molecule has 0 amide bonds. The van der Waals surface area contributed by atoms with E-state index in [0.29, 0.717) is 26.2 Å². The van der Waals surface area contributed by atoms with Gasteiger partial charge in [0.25, 0.3) is 10.2 Å². The Morgan fingerprint density at radius 3 is 2.24 bits per heavy atom. The molecule has 4 nitrogen and oxygen atoms in total. The summed E-state index contributed by atoms with van der Waals surface area (Å²) < 4.78 is 28.9. The fourth-order valence-corrected chi connectivity index (χ4v) is 5.40. The Labute approximate surface area is 127 Å². The fraction of sp³-hybridized carbons (Fsp3) is 0.625. The van der Waals surface area contributed by atoms with Crippen LogP contribution in [0.15, 0.2) is 30.3 Å². The molecule has 0 saturated carbocycles. The van der Waals surface area contributed by atoms with Crippen LogP contribution < -0.4 is 0 Å². The molecule has 0 N–H and O–H groups in total. The van der Waals surface area contributed by atoms with E-state index in [1.807, 2.05) is 18.2 Å². The molecular formula is C16H24N2O2S. The first-order chi connectivity index (χ1) is 10.0. The van der Waals surface area contributed by atoms with Gasteiger partial charge in [0, 0.05) is 31.6 Å². The first-order valence-corrected chi connectivity index (χ1v) is 9.23. The van der Waals surface area contributed by atoms with E-state index >= 15 is 0 Å². The highest BCUT2D eigenvalue weighted by Crippen LogP contribution is 2.35. The minimum absolute atomic E-state index is 0.0771. The van der Waals surface area contributed by atoms with Crippen LogP contribution in [0.2, 0.25) is 0 Å². The molecule has 0 bridgehead atoms. The summed E-state index contributed by atoms with van der Waals surface area (Å²) in [5.41, 5.74) is 1.16. The van der Waals surface area contributed by atoms with Gasteiger partial charge in [-0.15, -0.1) is 0 Å². The third-order valence-corrected chi connectivity index (χ3v) is 6.83. The average molecular weight is 308 g/mol. The van der Waals surface area contributed by atoms with Gasteiger partial charge in [-0.3, -0.25) is 0 Å². The van der Waals surface area contributed by atoms with Crippen LogP contribution in [0.25, 0.3) is 0 Å². The van der Waals surface area contributed by atoms with Crippen LogP contribution >= 0.6 is 0 Å². The highest BCUT2D eigenvalue weighted by Gasteiger charge is 2.40. The van der Waals surface area contributed by atoms with Crippen molar-refractivity contribution in [3.63, 3.8) is 0 Å². The number of hydrogen-bond donors (Lipinski definition) is 0. The lowest BCUT2D eigenvalue weighted by Gasteiger charge is -2.41. The SMILES string of the molecule is C[C@@]1(c2ccccc2)CCCN(S(=O)(=O)N2CCCC2)C1. The van der Waals surface area contributed by atoms with Crippen LogP contribution in [0.1, 0.15) is 38.2 Å². The predicted molar refractivity (Wildman–Crippen MR) is 84.3 cm³/mol. The van der Waals surface area contributed by atoms with Crippen LogP contribution in [0.5, 0.6) is 0 Å². The van der Waals surface area contributed by atoms with Crippen molar-refractivity contribution < 1.29 is 8.42 Å². The molecule has 0 radical (unpaired) electrons. The summed E-state index contributed by atoms with van der Waals surface area (Å²) in [6.07, 6.45) is 3.95. The number of piperidine rings is 1. The molecule has 2 aliphatic rings. The van der Waals surface area contributed by atoms with Gasteiger partial charge in [0.05, 0.1) is 0 Å². The molecule has 0 spiro atoms. The number of rotatable bonds is 3. The Morgan fingerprint density at radius 1 is 0.952 bits per heavy atom. The lowest BCUT2D eigenvalue weighted by Crippen LogP contribution is -2.51. The van der Waals surface area contributed by atoms with Crippen LogP contribution in [0.4, 0.5) is 0 Å². The van der Waals surface area contributed by atoms with Gasteiger partial charge in [-0.2, -0.15) is 17.0 Å². The molecule has 2 fully saturated rings. The molecule has 0 unspecified atom stereocenters. The summed E-state index contributed by atoms with van der Waals surface area (Å²) in [6.45, 7) is 4.80. The average Bonchev–Trinajstić information content (AvgIpc) is 3.03. The quantitative estimate of drug-likeness (QED) is 0.860. The Kier molecular flexibility index (Phi) is 4.08. The summed E-state index contributed by atoms with van der Waals surface area (Å²) in [4.78, 5) is 0. The minimum Gasteiger partial charge on any atom is -0.195 e. The van der Waals surface area contributed by atoms with Gasteiger partial charge in [0.15, 0.2) is 0 Å². The summed E-state index contributed by atoms with van der Waals surface area (Å²) in [6, 6.07) is 10.3. The summed E-state index contributed by atoms with van der Waals surface area (Å²) in [5, 5.41) is 0. The summed E-state index contributed by atoms with van der Waals surface area (Å²) in [5.74, 6) is 0. The standard InChI is InChI=1S/C16H24N2O2S/c1-16(15-8-3-2-4-9-15)10-7-13-18(14-16)21(19,20)17-11-5-6-12-17/h2-4,8-9H,5-7,10-14H2,1H3/t16-/m1/s1. The van der Waals surface area contributed by atoms with Crippen LogP contribution in [-0.4, -0.2) is 43.2 Å². The molecule has 2 heterocycles. The molecule has 0 aromatic heterocycles. The second kappa shape index (κ2) is 5.71. The summed E-state index contributed by atoms with van der Waals surface area (Å²) in [7, 11) is -3.27. The largest absolute Gasteiger partial charge is 0.282 e. The van der Waals surface area contributed by atoms with E-state index < -0.39 is 10.2 Å². The third-order valence-electron chi connectivity index (χ3n) is 4.85. The van der Waals surface area contributed by atoms with E-state index in [9.17, 15) is 8.42 Å². The predicted octanol–water partition coefficient (Wildman–Crippen LogP) is 2.38. The Bertz CT molecular complexity index is 582. The monoisotopic (exact) mass is 308 g/mol. The van der Waals surface area contributed by atoms with Crippen molar-refractivity contribution in [3.8, 4) is 0 Å². The smallest absolute Gasteiger partial charge is 0.195 e. The summed E-state index contributed by atoms with van der Waals surface area (Å²) >= 11 is 0. The van der Waals surface area contributed by atoms with Crippen molar-refractivity contribution in [2.24, 2.45) is 0 Å². The van der Waals surface area contributed by atoms with E-state index in [4.69, 9.17) is 0 Å². The maximum atomic E-state index is 12.8. The number of hydrogen-bond acceptors (Lipinski definition) is 2. The fourth-order valence-electron chi connectivity index (χ4n) is 3.55. The third kappa shape index (κ3) is 2.87. The minimum atomic E-state index is -3.27. The zero-order valence-corrected chi connectivity index (χ0v) is 13.5. The molecule has 21 heavy (non-hydrogen) atoms. The topological polar surface area (TPSA) is 40.6 Å². The van der Waals surface area contributed by atoms with Gasteiger partial charge >= 0.3 is 0 Å². The molecule has 1 aromatic rings. The van der Waals surface area contributed by atoms with Crippen molar-refractivity contribution in [2.45, 2.75) is 38.0 Å². The molecule has 1 aromatic carbocycles. The molecule has 3 rings (SSSR count). The van der Waals surface area contributed by atoms with Crippen molar-refractivity contribution in [2.75, 3.05) is 26.2 Å². The van der Waals surface area contributed by atoms with E-state index in [1.165, 1.54) is 5.56 Å². The zero-order chi connectivity index (χ0) is 14.9. The number of nitrogens with zero attached hydrogens (tertiary/aromatic N) is 2. The maximum absolute atomic E-state index is 12.8. The molecule has 116 valence electrons. The Hall–Kier alpha value is -0.910. The molecule has 2 saturated heterocycles. The van der Waals surface area contributed by atoms with Crippen LogP contribution in [0, 0.1) is 0 Å². The first kappa shape index (κ1) is 15.0. The first-order valence-electron chi connectivity index (χ1n) is 7.83. The van der Waals surface area contributed by atoms with E-state index in [-0.39, 0.29) is 5.41 Å². The van der Waals surface area contributed by atoms with Gasteiger partial charge in [-0.25, -0.2) is 0 Å². The molecular weight excluding hydrogens is 284 g/mol. The lowest BCUT2D eigenvalue weighted by molar-refractivity contribution is 0.228.